The number of phenolic OH excluding ortho intramolecular Hbond substituents is 2. The van der Waals surface area contributed by atoms with E-state index in [4.69, 9.17) is 9.47 Å². The molecule has 0 heterocycles. The van der Waals surface area contributed by atoms with Crippen LogP contribution < -0.4 is 9.47 Å². The number of aromatic hydroxyl groups is 2. The van der Waals surface area contributed by atoms with Crippen LogP contribution in [0.1, 0.15) is 144 Å². The molecule has 0 saturated carbocycles. The first-order valence-corrected chi connectivity index (χ1v) is 30.1. The standard InChI is InChI=1S/C62H78F2GeO4/c1-37(2)65(38(3)4,35-68-57-51(31-43(59(7,8)9)33-53(57)61(13,14)15)49-27-39(5)25-47(55(49)66)41-21-19-23-45(63)29-41)36-69-58-52(32-44(60(10,11)12)34-54(58)62(16,17)18)50-28-40(6)26-48(56(50)67)42-22-20-24-46(64)30-42/h19-34,37-38,66-67H,35-36H2,1-18H3. The van der Waals surface area contributed by atoms with E-state index in [0.29, 0.717) is 44.3 Å². The van der Waals surface area contributed by atoms with Crippen molar-refractivity contribution in [2.45, 2.75) is 156 Å². The van der Waals surface area contributed by atoms with E-state index in [1.165, 1.54) is 24.3 Å². The van der Waals surface area contributed by atoms with Gasteiger partial charge in [0.25, 0.3) is 0 Å². The van der Waals surface area contributed by atoms with Crippen LogP contribution in [0.25, 0.3) is 44.5 Å². The summed E-state index contributed by atoms with van der Waals surface area (Å²) in [7, 11) is 0. The van der Waals surface area contributed by atoms with E-state index < -0.39 is 13.3 Å². The fourth-order valence-electron chi connectivity index (χ4n) is 9.46. The van der Waals surface area contributed by atoms with E-state index in [9.17, 15) is 19.0 Å². The fraction of sp³-hybridized carbons (Fsp3) is 0.419. The maximum atomic E-state index is 14.7. The van der Waals surface area contributed by atoms with Crippen molar-refractivity contribution >= 4 is 13.3 Å². The predicted molar refractivity (Wildman–Crippen MR) is 289 cm³/mol. The summed E-state index contributed by atoms with van der Waals surface area (Å²) in [5, 5.41) is 24.7. The van der Waals surface area contributed by atoms with Crippen molar-refractivity contribution in [1.29, 1.82) is 0 Å². The second-order valence-electron chi connectivity index (χ2n) is 24.4. The number of halogens is 2. The Kier molecular flexibility index (Phi) is 15.1. The summed E-state index contributed by atoms with van der Waals surface area (Å²) in [6.07, 6.45) is 0. The molecular formula is C62H78F2GeO4. The molecule has 0 aromatic heterocycles. The molecule has 0 radical (unpaired) electrons. The Bertz CT molecular complexity index is 2650. The van der Waals surface area contributed by atoms with E-state index in [0.717, 1.165) is 56.0 Å². The van der Waals surface area contributed by atoms with Crippen LogP contribution >= 0.6 is 0 Å². The molecular weight excluding hydrogens is 919 g/mol. The third-order valence-electron chi connectivity index (χ3n) is 14.2. The van der Waals surface area contributed by atoms with Crippen LogP contribution in [-0.4, -0.2) is 34.4 Å². The quantitative estimate of drug-likeness (QED) is 0.120. The predicted octanol–water partition coefficient (Wildman–Crippen LogP) is 17.7. The second kappa shape index (κ2) is 19.6. The van der Waals surface area contributed by atoms with Gasteiger partial charge in [-0.2, -0.15) is 0 Å². The number of hydrogen-bond donors (Lipinski definition) is 2. The minimum atomic E-state index is -3.41. The van der Waals surface area contributed by atoms with Crippen molar-refractivity contribution in [3.63, 3.8) is 0 Å². The van der Waals surface area contributed by atoms with Gasteiger partial charge in [0.1, 0.15) is 0 Å². The van der Waals surface area contributed by atoms with Crippen molar-refractivity contribution in [3.05, 3.63) is 142 Å². The third-order valence-corrected chi connectivity index (χ3v) is 26.7. The Morgan fingerprint density at radius 3 is 1.07 bits per heavy atom. The second-order valence-corrected chi connectivity index (χ2v) is 35.6. The summed E-state index contributed by atoms with van der Waals surface area (Å²) in [5.74, 6) is 0.884. The van der Waals surface area contributed by atoms with Gasteiger partial charge in [0, 0.05) is 0 Å². The first kappa shape index (κ1) is 53.3. The molecule has 6 aromatic carbocycles. The zero-order chi connectivity index (χ0) is 51.3. The van der Waals surface area contributed by atoms with Crippen molar-refractivity contribution in [2.75, 3.05) is 10.9 Å². The molecule has 6 rings (SSSR count). The zero-order valence-electron chi connectivity index (χ0n) is 44.8. The molecule has 0 atom stereocenters. The molecule has 6 aromatic rings. The number of phenols is 2. The minimum absolute atomic E-state index is 0.0757. The van der Waals surface area contributed by atoms with Gasteiger partial charge in [-0.3, -0.25) is 0 Å². The van der Waals surface area contributed by atoms with Gasteiger partial charge in [-0.1, -0.05) is 0 Å². The zero-order valence-corrected chi connectivity index (χ0v) is 46.9. The molecule has 2 N–H and O–H groups in total. The normalized spacial score (nSPS) is 12.8. The molecule has 0 spiro atoms. The van der Waals surface area contributed by atoms with E-state index in [1.54, 1.807) is 12.1 Å². The van der Waals surface area contributed by atoms with E-state index in [-0.39, 0.29) is 54.3 Å². The molecule has 0 saturated heterocycles. The number of rotatable bonds is 12. The van der Waals surface area contributed by atoms with Crippen LogP contribution in [0.3, 0.4) is 0 Å². The summed E-state index contributed by atoms with van der Waals surface area (Å²) in [6, 6.07) is 29.5. The number of benzene rings is 6. The van der Waals surface area contributed by atoms with Crippen LogP contribution in [0.5, 0.6) is 23.0 Å². The third kappa shape index (κ3) is 11.4. The van der Waals surface area contributed by atoms with Crippen LogP contribution in [0.2, 0.25) is 9.50 Å². The van der Waals surface area contributed by atoms with Crippen molar-refractivity contribution in [1.82, 2.24) is 0 Å². The fourth-order valence-corrected chi connectivity index (χ4v) is 17.0. The summed E-state index contributed by atoms with van der Waals surface area (Å²) in [6.45, 7) is 39.7. The van der Waals surface area contributed by atoms with Crippen molar-refractivity contribution in [2.24, 2.45) is 0 Å². The Morgan fingerprint density at radius 1 is 0.449 bits per heavy atom. The van der Waals surface area contributed by atoms with E-state index >= 15 is 0 Å². The van der Waals surface area contributed by atoms with Crippen molar-refractivity contribution < 1.29 is 28.5 Å². The van der Waals surface area contributed by atoms with Crippen molar-refractivity contribution in [3.8, 4) is 67.5 Å². The molecule has 0 amide bonds. The van der Waals surface area contributed by atoms with Crippen LogP contribution in [0, 0.1) is 25.5 Å². The molecule has 0 unspecified atom stereocenters. The molecule has 368 valence electrons. The van der Waals surface area contributed by atoms with E-state index in [2.05, 4.69) is 135 Å². The summed E-state index contributed by atoms with van der Waals surface area (Å²) in [4.78, 5) is 0. The topological polar surface area (TPSA) is 58.9 Å². The molecule has 7 heteroatoms. The molecule has 0 aliphatic rings. The number of aryl methyl sites for hydroxylation is 2. The summed E-state index contributed by atoms with van der Waals surface area (Å²) < 4.78 is 44.9. The van der Waals surface area contributed by atoms with Gasteiger partial charge >= 0.3 is 418 Å². The molecule has 4 nitrogen and oxygen atoms in total. The monoisotopic (exact) mass is 999 g/mol. The van der Waals surface area contributed by atoms with Gasteiger partial charge in [-0.15, -0.1) is 0 Å². The average molecular weight is 998 g/mol. The van der Waals surface area contributed by atoms with Gasteiger partial charge in [0.15, 0.2) is 0 Å². The molecule has 0 fully saturated rings. The first-order chi connectivity index (χ1) is 31.8. The summed E-state index contributed by atoms with van der Waals surface area (Å²) in [5.41, 5.74) is 11.2. The Morgan fingerprint density at radius 2 is 0.783 bits per heavy atom. The first-order valence-electron chi connectivity index (χ1n) is 24.7. The van der Waals surface area contributed by atoms with E-state index in [1.807, 2.05) is 50.2 Å². The van der Waals surface area contributed by atoms with Gasteiger partial charge < -0.3 is 0 Å². The summed E-state index contributed by atoms with van der Waals surface area (Å²) >= 11 is -3.41. The van der Waals surface area contributed by atoms with Gasteiger partial charge in [0.2, 0.25) is 0 Å². The number of ether oxygens (including phenoxy) is 2. The molecule has 0 aliphatic carbocycles. The average Bonchev–Trinajstić information content (AvgIpc) is 3.23. The molecule has 0 aliphatic heterocycles. The Balaban J connectivity index is 1.57. The Labute approximate surface area is 415 Å². The number of hydrogen-bond acceptors (Lipinski definition) is 4. The van der Waals surface area contributed by atoms with Crippen LogP contribution in [0.4, 0.5) is 8.78 Å². The Hall–Kier alpha value is -5.08. The molecule has 0 bridgehead atoms. The maximum absolute atomic E-state index is 14.7. The van der Waals surface area contributed by atoms with Gasteiger partial charge in [0.05, 0.1) is 0 Å². The van der Waals surface area contributed by atoms with Gasteiger partial charge in [-0.05, 0) is 0 Å². The van der Waals surface area contributed by atoms with Crippen LogP contribution in [0.15, 0.2) is 97.1 Å². The SMILES string of the molecule is Cc1cc(-c2cccc(F)c2)c(O)c(-c2cc(C(C)(C)C)cc(C(C)(C)C)c2O[CH2][Ge]([CH2]Oc2c(-c3cc(C)cc(-c4cccc(F)c4)c3O)cc(C(C)(C)C)cc2C(C)(C)C)([CH](C)C)[CH](C)C)c1. The van der Waals surface area contributed by atoms with Crippen LogP contribution in [-0.2, 0) is 21.7 Å². The van der Waals surface area contributed by atoms with Gasteiger partial charge in [-0.25, -0.2) is 0 Å². The molecule has 69 heavy (non-hydrogen) atoms.